The van der Waals surface area contributed by atoms with Crippen molar-refractivity contribution in [2.24, 2.45) is 0 Å². The molecule has 1 N–H and O–H groups in total. The van der Waals surface area contributed by atoms with Gasteiger partial charge in [0, 0.05) is 29.3 Å². The van der Waals surface area contributed by atoms with E-state index in [1.165, 1.54) is 11.3 Å². The van der Waals surface area contributed by atoms with Gasteiger partial charge in [-0.05, 0) is 50.1 Å². The Morgan fingerprint density at radius 2 is 1.97 bits per heavy atom. The van der Waals surface area contributed by atoms with Crippen molar-refractivity contribution in [1.29, 1.82) is 0 Å². The Bertz CT molecular complexity index is 1390. The molecule has 1 fully saturated rings. The summed E-state index contributed by atoms with van der Waals surface area (Å²) in [6.45, 7) is 5.41. The highest BCUT2D eigenvalue weighted by molar-refractivity contribution is 5.76. The van der Waals surface area contributed by atoms with Gasteiger partial charge in [-0.25, -0.2) is 4.98 Å². The smallest absolute Gasteiger partial charge is 0.335 e. The number of fused-ring (bicyclic) bond motifs is 1. The van der Waals surface area contributed by atoms with Crippen LogP contribution in [0.25, 0.3) is 17.0 Å². The fraction of sp³-hybridized carbons (Fsp3) is 0.333. The zero-order valence-corrected chi connectivity index (χ0v) is 19.6. The summed E-state index contributed by atoms with van der Waals surface area (Å²) in [5.74, 6) is -8.23. The molecule has 0 radical (unpaired) electrons. The van der Waals surface area contributed by atoms with Crippen LogP contribution in [0.3, 0.4) is 0 Å². The summed E-state index contributed by atoms with van der Waals surface area (Å²) >= 11 is 0. The highest BCUT2D eigenvalue weighted by Gasteiger charge is 2.72. The van der Waals surface area contributed by atoms with Crippen LogP contribution in [0, 0.1) is 20.8 Å². The average Bonchev–Trinajstić information content (AvgIpc) is 3.45. The fourth-order valence-electron chi connectivity index (χ4n) is 3.56. The molecule has 1 atom stereocenters. The number of hydrogen-bond donors (Lipinski definition) is 1. The highest BCUT2D eigenvalue weighted by Crippen LogP contribution is 2.52. The maximum atomic E-state index is 13.1. The van der Waals surface area contributed by atoms with Crippen molar-refractivity contribution in [2.75, 3.05) is 5.32 Å². The number of nitrogens with one attached hydrogen (secondary N) is 1. The van der Waals surface area contributed by atoms with Gasteiger partial charge in [-0.3, -0.25) is 4.79 Å². The van der Waals surface area contributed by atoms with Crippen molar-refractivity contribution in [3.05, 3.63) is 65.4 Å². The Labute approximate surface area is 203 Å². The summed E-state index contributed by atoms with van der Waals surface area (Å²) in [4.78, 5) is 18.8. The maximum Gasteiger partial charge on any atom is 0.335 e. The summed E-state index contributed by atoms with van der Waals surface area (Å²) in [6, 6.07) is 9.18. The van der Waals surface area contributed by atoms with Gasteiger partial charge >= 0.3 is 11.8 Å². The first kappa shape index (κ1) is 25.3. The van der Waals surface area contributed by atoms with Crippen LogP contribution in [0.5, 0.6) is 0 Å². The summed E-state index contributed by atoms with van der Waals surface area (Å²) in [6.07, 6.45) is 1.51. The van der Waals surface area contributed by atoms with Crippen molar-refractivity contribution in [1.82, 2.24) is 19.5 Å². The van der Waals surface area contributed by atoms with Gasteiger partial charge in [0.1, 0.15) is 18.4 Å². The summed E-state index contributed by atoms with van der Waals surface area (Å²) in [7, 11) is 0. The minimum Gasteiger partial charge on any atom is -0.362 e. The predicted molar refractivity (Wildman–Crippen MR) is 122 cm³/mol. The Morgan fingerprint density at radius 3 is 2.67 bits per heavy atom. The first-order valence-electron chi connectivity index (χ1n) is 10.9. The molecule has 3 aromatic heterocycles. The second-order valence-corrected chi connectivity index (χ2v) is 8.47. The number of pyridine rings is 1. The number of benzene rings is 1. The first-order valence-corrected chi connectivity index (χ1v) is 10.9. The normalized spacial score (nSPS) is 17.7. The molecule has 0 spiro atoms. The summed E-state index contributed by atoms with van der Waals surface area (Å²) in [5, 5.41) is 6.21. The molecule has 1 saturated carbocycles. The van der Waals surface area contributed by atoms with E-state index >= 15 is 0 Å². The number of amides is 1. The van der Waals surface area contributed by atoms with Gasteiger partial charge in [0.15, 0.2) is 0 Å². The van der Waals surface area contributed by atoms with Crippen molar-refractivity contribution >= 4 is 17.7 Å². The number of imidazole rings is 1. The number of aryl methyl sites for hydroxylation is 3. The number of carbonyl (C=O) groups is 1. The first-order chi connectivity index (χ1) is 17.0. The molecule has 190 valence electrons. The third kappa shape index (κ3) is 4.94. The van der Waals surface area contributed by atoms with E-state index < -0.39 is 31.0 Å². The molecule has 4 aromatic rings. The van der Waals surface area contributed by atoms with E-state index in [1.807, 2.05) is 12.4 Å². The third-order valence-corrected chi connectivity index (χ3v) is 5.77. The molecule has 0 saturated heterocycles. The van der Waals surface area contributed by atoms with E-state index in [0.29, 0.717) is 17.7 Å². The lowest BCUT2D eigenvalue weighted by Crippen LogP contribution is -2.63. The SMILES string of the molecule is Cc1ccc(-c2noc(COC3CC(F)(F)C3(F)F)n2)cc1NC=O.Cc1ccn2c(C)cnc2c1. The second-order valence-electron chi connectivity index (χ2n) is 8.47. The van der Waals surface area contributed by atoms with E-state index in [0.717, 1.165) is 11.2 Å². The van der Waals surface area contributed by atoms with Crippen LogP contribution in [0.4, 0.5) is 23.2 Å². The molecule has 1 amide bonds. The van der Waals surface area contributed by atoms with E-state index in [2.05, 4.69) is 50.8 Å². The van der Waals surface area contributed by atoms with Crippen LogP contribution in [-0.4, -0.2) is 43.9 Å². The molecule has 12 heteroatoms. The minimum absolute atomic E-state index is 0.119. The number of alkyl halides is 4. The lowest BCUT2D eigenvalue weighted by Gasteiger charge is -2.42. The van der Waals surface area contributed by atoms with E-state index in [4.69, 9.17) is 9.26 Å². The van der Waals surface area contributed by atoms with Gasteiger partial charge in [0.25, 0.3) is 5.89 Å². The molecule has 1 aliphatic carbocycles. The van der Waals surface area contributed by atoms with Gasteiger partial charge in [-0.1, -0.05) is 17.3 Å². The number of nitrogens with zero attached hydrogens (tertiary/aromatic N) is 4. The Kier molecular flexibility index (Phi) is 6.81. The number of rotatable bonds is 6. The zero-order valence-electron chi connectivity index (χ0n) is 19.6. The lowest BCUT2D eigenvalue weighted by atomic mass is 9.85. The molecule has 0 aliphatic heterocycles. The second kappa shape index (κ2) is 9.69. The molecule has 1 aromatic carbocycles. The molecule has 8 nitrogen and oxygen atoms in total. The number of anilines is 1. The summed E-state index contributed by atoms with van der Waals surface area (Å²) < 4.78 is 63.5. The van der Waals surface area contributed by atoms with Crippen LogP contribution in [0.2, 0.25) is 0 Å². The maximum absolute atomic E-state index is 13.1. The molecule has 5 rings (SSSR count). The van der Waals surface area contributed by atoms with E-state index in [9.17, 15) is 22.4 Å². The highest BCUT2D eigenvalue weighted by atomic mass is 19.3. The van der Waals surface area contributed by atoms with Gasteiger partial charge in [-0.2, -0.15) is 22.5 Å². The number of halogens is 4. The Hall–Kier alpha value is -3.80. The molecule has 1 aliphatic rings. The predicted octanol–water partition coefficient (Wildman–Crippen LogP) is 5.12. The van der Waals surface area contributed by atoms with Crippen molar-refractivity contribution in [3.8, 4) is 11.4 Å². The minimum atomic E-state index is -4.21. The zero-order chi connectivity index (χ0) is 26.1. The fourth-order valence-corrected chi connectivity index (χ4v) is 3.56. The Morgan fingerprint density at radius 1 is 1.19 bits per heavy atom. The number of carbonyl (C=O) groups excluding carboxylic acids is 1. The molecule has 0 bridgehead atoms. The summed E-state index contributed by atoms with van der Waals surface area (Å²) in [5.41, 5.74) is 5.35. The van der Waals surface area contributed by atoms with Gasteiger partial charge in [0.2, 0.25) is 12.2 Å². The standard InChI is InChI=1S/C15H13F4N3O3.C9H10N2/c1-8-2-3-9(4-10(8)20-7-23)13-21-12(25-22-13)6-24-11-5-14(16,17)15(11,18)19;1-7-3-4-11-8(2)6-10-9(11)5-7/h2-4,7,11H,5-6H2,1H3,(H,20,23);3-6H,1-2H3. The van der Waals surface area contributed by atoms with Crippen LogP contribution < -0.4 is 5.32 Å². The molecule has 3 heterocycles. The number of ether oxygens (including phenoxy) is 1. The van der Waals surface area contributed by atoms with Crippen LogP contribution >= 0.6 is 0 Å². The van der Waals surface area contributed by atoms with Crippen LogP contribution in [-0.2, 0) is 16.1 Å². The molecular formula is C24H23F4N5O3. The Balaban J connectivity index is 0.000000229. The largest absolute Gasteiger partial charge is 0.362 e. The topological polar surface area (TPSA) is 94.5 Å². The van der Waals surface area contributed by atoms with Crippen molar-refractivity contribution < 1.29 is 31.6 Å². The molecule has 1 unspecified atom stereocenters. The molecular weight excluding hydrogens is 482 g/mol. The number of hydrogen-bond acceptors (Lipinski definition) is 6. The van der Waals surface area contributed by atoms with Gasteiger partial charge in [-0.15, -0.1) is 0 Å². The average molecular weight is 505 g/mol. The van der Waals surface area contributed by atoms with Crippen molar-refractivity contribution in [3.63, 3.8) is 0 Å². The quantitative estimate of drug-likeness (QED) is 0.289. The monoisotopic (exact) mass is 505 g/mol. The van der Waals surface area contributed by atoms with Crippen LogP contribution in [0.1, 0.15) is 29.1 Å². The van der Waals surface area contributed by atoms with Gasteiger partial charge < -0.3 is 19.0 Å². The third-order valence-electron chi connectivity index (χ3n) is 5.77. The van der Waals surface area contributed by atoms with Crippen LogP contribution in [0.15, 0.2) is 47.2 Å². The lowest BCUT2D eigenvalue weighted by molar-refractivity contribution is -0.343. The molecule has 36 heavy (non-hydrogen) atoms. The van der Waals surface area contributed by atoms with E-state index in [1.54, 1.807) is 25.1 Å². The van der Waals surface area contributed by atoms with E-state index in [-0.39, 0.29) is 11.7 Å². The van der Waals surface area contributed by atoms with Crippen molar-refractivity contribution in [2.45, 2.75) is 51.7 Å². The number of aromatic nitrogens is 4. The van der Waals surface area contributed by atoms with Gasteiger partial charge in [0.05, 0.1) is 6.42 Å².